The molecule has 0 spiro atoms. The van der Waals surface area contributed by atoms with Gasteiger partial charge in [-0.05, 0) is 63.4 Å². The third-order valence-corrected chi connectivity index (χ3v) is 8.61. The molecule has 2 atom stereocenters. The number of ether oxygens (including phenoxy) is 1. The zero-order valence-corrected chi connectivity index (χ0v) is 26.0. The van der Waals surface area contributed by atoms with E-state index in [2.05, 4.69) is 77.6 Å². The number of unbranched alkanes of at least 4 members (excludes halogenated alkanes) is 2. The third kappa shape index (κ3) is 8.76. The molecule has 2 aromatic carbocycles. The molecule has 2 aliphatic rings. The Morgan fingerprint density at radius 1 is 0.952 bits per heavy atom. The molecule has 0 aliphatic carbocycles. The fraction of sp³-hybridized carbons (Fsp3) is 0.543. The fourth-order valence-corrected chi connectivity index (χ4v) is 6.41. The molecule has 42 heavy (non-hydrogen) atoms. The van der Waals surface area contributed by atoms with Gasteiger partial charge >= 0.3 is 5.97 Å². The summed E-state index contributed by atoms with van der Waals surface area (Å²) in [4.78, 5) is 34.7. The summed E-state index contributed by atoms with van der Waals surface area (Å²) in [6.07, 6.45) is 5.46. The van der Waals surface area contributed by atoms with Crippen molar-refractivity contribution in [3.05, 3.63) is 83.4 Å². The first-order valence-electron chi connectivity index (χ1n) is 15.8. The standard InChI is InChI=1S/C35H50N4O3/c1-5-17-37-21-24-39(29(4)27-37)34(30-13-10-12-28(3)25-30)31-14-11-15-32(26-31)35(41)38-22-19-36(20-23-38)18-9-7-8-16-33(40)42-6-2/h5,10-15,25-26,29,34H,1,6-9,16-24,27H2,2-4H3. The number of carbonyl (C=O) groups is 2. The van der Waals surface area contributed by atoms with Crippen LogP contribution in [0.3, 0.4) is 0 Å². The summed E-state index contributed by atoms with van der Waals surface area (Å²) in [5, 5.41) is 0. The quantitative estimate of drug-likeness (QED) is 0.187. The average molecular weight is 575 g/mol. The van der Waals surface area contributed by atoms with Crippen molar-refractivity contribution < 1.29 is 14.3 Å². The van der Waals surface area contributed by atoms with E-state index in [4.69, 9.17) is 4.74 Å². The number of carbonyl (C=O) groups excluding carboxylic acids is 2. The molecule has 2 saturated heterocycles. The summed E-state index contributed by atoms with van der Waals surface area (Å²) in [7, 11) is 0. The lowest BCUT2D eigenvalue weighted by atomic mass is 9.92. The van der Waals surface area contributed by atoms with Crippen molar-refractivity contribution in [3.63, 3.8) is 0 Å². The predicted octanol–water partition coefficient (Wildman–Crippen LogP) is 5.16. The number of esters is 1. The lowest BCUT2D eigenvalue weighted by molar-refractivity contribution is -0.143. The van der Waals surface area contributed by atoms with Crippen LogP contribution in [0.5, 0.6) is 0 Å². The Kier molecular flexibility index (Phi) is 12.2. The van der Waals surface area contributed by atoms with Gasteiger partial charge in [-0.15, -0.1) is 6.58 Å². The highest BCUT2D eigenvalue weighted by Crippen LogP contribution is 2.33. The number of aryl methyl sites for hydroxylation is 1. The first-order chi connectivity index (χ1) is 20.4. The fourth-order valence-electron chi connectivity index (χ4n) is 6.41. The van der Waals surface area contributed by atoms with E-state index in [0.717, 1.165) is 83.7 Å². The monoisotopic (exact) mass is 574 g/mol. The lowest BCUT2D eigenvalue weighted by Crippen LogP contribution is -2.53. The third-order valence-electron chi connectivity index (χ3n) is 8.61. The van der Waals surface area contributed by atoms with Crippen LogP contribution < -0.4 is 0 Å². The van der Waals surface area contributed by atoms with Crippen LogP contribution >= 0.6 is 0 Å². The molecule has 2 heterocycles. The molecule has 0 N–H and O–H groups in total. The number of benzene rings is 2. The zero-order valence-electron chi connectivity index (χ0n) is 26.0. The van der Waals surface area contributed by atoms with E-state index < -0.39 is 0 Å². The summed E-state index contributed by atoms with van der Waals surface area (Å²) in [6, 6.07) is 17.6. The number of piperazine rings is 2. The molecule has 2 aliphatic heterocycles. The van der Waals surface area contributed by atoms with Gasteiger partial charge in [0.2, 0.25) is 0 Å². The van der Waals surface area contributed by atoms with Crippen LogP contribution in [0, 0.1) is 6.92 Å². The Bertz CT molecular complexity index is 1180. The molecule has 7 heteroatoms. The van der Waals surface area contributed by atoms with Gasteiger partial charge in [-0.1, -0.05) is 54.5 Å². The van der Waals surface area contributed by atoms with Gasteiger partial charge < -0.3 is 9.64 Å². The van der Waals surface area contributed by atoms with Gasteiger partial charge in [0.15, 0.2) is 0 Å². The first-order valence-corrected chi connectivity index (χ1v) is 15.8. The molecule has 2 fully saturated rings. The summed E-state index contributed by atoms with van der Waals surface area (Å²) < 4.78 is 5.01. The second-order valence-corrected chi connectivity index (χ2v) is 11.8. The van der Waals surface area contributed by atoms with Crippen molar-refractivity contribution in [2.75, 3.05) is 65.5 Å². The van der Waals surface area contributed by atoms with Crippen molar-refractivity contribution in [2.45, 2.75) is 58.5 Å². The van der Waals surface area contributed by atoms with Crippen molar-refractivity contribution in [1.29, 1.82) is 0 Å². The minimum atomic E-state index is -0.0977. The highest BCUT2D eigenvalue weighted by molar-refractivity contribution is 5.94. The molecule has 0 bridgehead atoms. The largest absolute Gasteiger partial charge is 0.466 e. The molecule has 0 saturated carbocycles. The van der Waals surface area contributed by atoms with E-state index in [1.165, 1.54) is 16.7 Å². The van der Waals surface area contributed by atoms with Gasteiger partial charge in [0.1, 0.15) is 0 Å². The average Bonchev–Trinajstić information content (AvgIpc) is 2.99. The second-order valence-electron chi connectivity index (χ2n) is 11.8. The zero-order chi connectivity index (χ0) is 29.9. The summed E-state index contributed by atoms with van der Waals surface area (Å²) >= 11 is 0. The minimum Gasteiger partial charge on any atom is -0.466 e. The normalized spacial score (nSPS) is 19.4. The predicted molar refractivity (Wildman–Crippen MR) is 170 cm³/mol. The van der Waals surface area contributed by atoms with E-state index in [9.17, 15) is 9.59 Å². The SMILES string of the molecule is C=CCN1CCN(C(c2cccc(C)c2)c2cccc(C(=O)N3CCN(CCCCCC(=O)OCC)CC3)c2)C(C)C1. The van der Waals surface area contributed by atoms with Crippen molar-refractivity contribution in [3.8, 4) is 0 Å². The van der Waals surface area contributed by atoms with E-state index >= 15 is 0 Å². The summed E-state index contributed by atoms with van der Waals surface area (Å²) in [5.41, 5.74) is 4.48. The smallest absolute Gasteiger partial charge is 0.305 e. The topological polar surface area (TPSA) is 56.3 Å². The van der Waals surface area contributed by atoms with E-state index in [1.807, 2.05) is 24.0 Å². The number of amides is 1. The van der Waals surface area contributed by atoms with Crippen LogP contribution in [0.15, 0.2) is 61.2 Å². The second kappa shape index (κ2) is 16.0. The first kappa shape index (κ1) is 31.9. The Hall–Kier alpha value is -3.00. The minimum absolute atomic E-state index is 0.0965. The summed E-state index contributed by atoms with van der Waals surface area (Å²) in [5.74, 6) is 0.0253. The van der Waals surface area contributed by atoms with Gasteiger partial charge in [-0.2, -0.15) is 0 Å². The van der Waals surface area contributed by atoms with Gasteiger partial charge in [0.05, 0.1) is 12.6 Å². The maximum atomic E-state index is 13.7. The Labute approximate surface area is 253 Å². The lowest BCUT2D eigenvalue weighted by Gasteiger charge is -2.44. The van der Waals surface area contributed by atoms with E-state index in [0.29, 0.717) is 19.1 Å². The number of hydrogen-bond acceptors (Lipinski definition) is 6. The molecule has 228 valence electrons. The van der Waals surface area contributed by atoms with Gasteiger partial charge in [-0.3, -0.25) is 24.3 Å². The molecule has 7 nitrogen and oxygen atoms in total. The molecule has 0 radical (unpaired) electrons. The highest BCUT2D eigenvalue weighted by atomic mass is 16.5. The van der Waals surface area contributed by atoms with Crippen LogP contribution in [-0.2, 0) is 9.53 Å². The van der Waals surface area contributed by atoms with E-state index in [-0.39, 0.29) is 17.9 Å². The molecule has 1 amide bonds. The molecule has 0 aromatic heterocycles. The van der Waals surface area contributed by atoms with Crippen molar-refractivity contribution in [1.82, 2.24) is 19.6 Å². The molecule has 4 rings (SSSR count). The van der Waals surface area contributed by atoms with Gasteiger partial charge in [-0.25, -0.2) is 0 Å². The number of rotatable bonds is 13. The Balaban J connectivity index is 1.39. The summed E-state index contributed by atoms with van der Waals surface area (Å²) in [6.45, 7) is 18.9. The van der Waals surface area contributed by atoms with Crippen molar-refractivity contribution >= 4 is 11.9 Å². The van der Waals surface area contributed by atoms with Crippen LogP contribution in [0.4, 0.5) is 0 Å². The maximum absolute atomic E-state index is 13.7. The highest BCUT2D eigenvalue weighted by Gasteiger charge is 2.32. The molecular weight excluding hydrogens is 524 g/mol. The van der Waals surface area contributed by atoms with Gasteiger partial charge in [0.25, 0.3) is 5.91 Å². The van der Waals surface area contributed by atoms with Gasteiger partial charge in [0, 0.05) is 70.4 Å². The van der Waals surface area contributed by atoms with E-state index in [1.54, 1.807) is 0 Å². The number of nitrogens with zero attached hydrogens (tertiary/aromatic N) is 4. The van der Waals surface area contributed by atoms with Crippen LogP contribution in [0.2, 0.25) is 0 Å². The van der Waals surface area contributed by atoms with Crippen LogP contribution in [0.25, 0.3) is 0 Å². The molecule has 2 aromatic rings. The Morgan fingerprint density at radius 3 is 2.36 bits per heavy atom. The molecule has 2 unspecified atom stereocenters. The Morgan fingerprint density at radius 2 is 1.67 bits per heavy atom. The van der Waals surface area contributed by atoms with Crippen LogP contribution in [-0.4, -0.2) is 103 Å². The van der Waals surface area contributed by atoms with Crippen molar-refractivity contribution in [2.24, 2.45) is 0 Å². The molecular formula is C35H50N4O3. The van der Waals surface area contributed by atoms with Crippen LogP contribution in [0.1, 0.15) is 72.6 Å². The maximum Gasteiger partial charge on any atom is 0.305 e. The number of hydrogen-bond donors (Lipinski definition) is 0.